The largest absolute Gasteiger partial charge is 0.444 e. The van der Waals surface area contributed by atoms with Crippen LogP contribution < -0.4 is 5.32 Å². The zero-order valence-corrected chi connectivity index (χ0v) is 13.2. The molecule has 5 nitrogen and oxygen atoms in total. The minimum absolute atomic E-state index is 0.328. The summed E-state index contributed by atoms with van der Waals surface area (Å²) in [5, 5.41) is 2.63. The number of hydrogen-bond acceptors (Lipinski definition) is 3. The lowest BCUT2D eigenvalue weighted by Gasteiger charge is -2.19. The molecular weight excluding hydrogens is 304 g/mol. The van der Waals surface area contributed by atoms with Gasteiger partial charge in [0.2, 0.25) is 0 Å². The minimum atomic E-state index is -0.662. The molecule has 0 aliphatic heterocycles. The second kappa shape index (κ2) is 6.76. The van der Waals surface area contributed by atoms with Crippen molar-refractivity contribution in [1.82, 2.24) is 15.3 Å². The van der Waals surface area contributed by atoms with Gasteiger partial charge in [0.1, 0.15) is 23.1 Å². The number of aromatic amines is 1. The number of halogens is 2. The molecule has 1 aromatic carbocycles. The van der Waals surface area contributed by atoms with Gasteiger partial charge in [0.15, 0.2) is 0 Å². The summed E-state index contributed by atoms with van der Waals surface area (Å²) in [6, 6.07) is 3.20. The molecule has 2 rings (SSSR count). The Morgan fingerprint density at radius 1 is 1.26 bits per heavy atom. The Hall–Kier alpha value is -2.44. The Balaban J connectivity index is 1.91. The summed E-state index contributed by atoms with van der Waals surface area (Å²) in [6.07, 6.45) is 1.56. The van der Waals surface area contributed by atoms with Gasteiger partial charge in [-0.15, -0.1) is 0 Å². The van der Waals surface area contributed by atoms with Gasteiger partial charge >= 0.3 is 6.09 Å². The summed E-state index contributed by atoms with van der Waals surface area (Å²) >= 11 is 0. The Kier molecular flexibility index (Phi) is 4.98. The average Bonchev–Trinajstić information content (AvgIpc) is 2.84. The first-order chi connectivity index (χ1) is 10.7. The van der Waals surface area contributed by atoms with Gasteiger partial charge in [0.05, 0.1) is 0 Å². The predicted molar refractivity (Wildman–Crippen MR) is 81.9 cm³/mol. The molecule has 1 amide bonds. The number of alkyl carbamates (subject to hydrolysis) is 1. The summed E-state index contributed by atoms with van der Waals surface area (Å²) in [4.78, 5) is 18.6. The number of carbonyl (C=O) groups is 1. The lowest BCUT2D eigenvalue weighted by atomic mass is 10.2. The van der Waals surface area contributed by atoms with Gasteiger partial charge in [-0.3, -0.25) is 0 Å². The van der Waals surface area contributed by atoms with Crippen LogP contribution in [0, 0.1) is 11.6 Å². The second-order valence-corrected chi connectivity index (χ2v) is 6.09. The van der Waals surface area contributed by atoms with E-state index >= 15 is 0 Å². The number of nitrogens with one attached hydrogen (secondary N) is 2. The molecule has 0 bridgehead atoms. The molecule has 0 aliphatic carbocycles. The number of H-pyrrole nitrogens is 1. The quantitative estimate of drug-likeness (QED) is 0.906. The van der Waals surface area contributed by atoms with Crippen LogP contribution in [0.25, 0.3) is 11.4 Å². The molecule has 1 aromatic heterocycles. The maximum Gasteiger partial charge on any atom is 0.407 e. The summed E-state index contributed by atoms with van der Waals surface area (Å²) < 4.78 is 31.5. The third kappa shape index (κ3) is 5.36. The van der Waals surface area contributed by atoms with Crippen molar-refractivity contribution in [3.63, 3.8) is 0 Å². The molecule has 0 unspecified atom stereocenters. The van der Waals surface area contributed by atoms with Crippen LogP contribution in [0.1, 0.15) is 26.5 Å². The molecule has 0 saturated heterocycles. The monoisotopic (exact) mass is 323 g/mol. The molecule has 0 radical (unpaired) electrons. The van der Waals surface area contributed by atoms with E-state index < -0.39 is 23.3 Å². The SMILES string of the molecule is CC(C)(C)OC(=O)NCCc1cnc(-c2cc(F)cc(F)c2)[nH]1. The Morgan fingerprint density at radius 2 is 1.91 bits per heavy atom. The Morgan fingerprint density at radius 3 is 2.52 bits per heavy atom. The molecule has 7 heteroatoms. The summed E-state index contributed by atoms with van der Waals surface area (Å²) in [5.74, 6) is -0.954. The number of benzene rings is 1. The van der Waals surface area contributed by atoms with Crippen LogP contribution >= 0.6 is 0 Å². The molecule has 124 valence electrons. The first-order valence-corrected chi connectivity index (χ1v) is 7.20. The fourth-order valence-electron chi connectivity index (χ4n) is 1.94. The first-order valence-electron chi connectivity index (χ1n) is 7.20. The van der Waals surface area contributed by atoms with Crippen molar-refractivity contribution in [3.05, 3.63) is 41.7 Å². The van der Waals surface area contributed by atoms with Crippen LogP contribution in [0.15, 0.2) is 24.4 Å². The average molecular weight is 323 g/mol. The van der Waals surface area contributed by atoms with Gasteiger partial charge in [-0.25, -0.2) is 18.6 Å². The zero-order valence-electron chi connectivity index (χ0n) is 13.2. The van der Waals surface area contributed by atoms with Gasteiger partial charge in [-0.2, -0.15) is 0 Å². The molecule has 0 aliphatic rings. The lowest BCUT2D eigenvalue weighted by molar-refractivity contribution is 0.0528. The van der Waals surface area contributed by atoms with Crippen LogP contribution in [0.5, 0.6) is 0 Å². The van der Waals surface area contributed by atoms with E-state index in [1.807, 2.05) is 0 Å². The summed E-state index contributed by atoms with van der Waals surface area (Å²) in [6.45, 7) is 5.71. The topological polar surface area (TPSA) is 67.0 Å². The number of carbonyl (C=O) groups excluding carboxylic acids is 1. The number of rotatable bonds is 4. The maximum absolute atomic E-state index is 13.2. The molecule has 1 heterocycles. The van der Waals surface area contributed by atoms with E-state index in [1.165, 1.54) is 12.1 Å². The van der Waals surface area contributed by atoms with Crippen molar-refractivity contribution in [3.8, 4) is 11.4 Å². The van der Waals surface area contributed by atoms with Crippen molar-refractivity contribution in [2.45, 2.75) is 32.8 Å². The van der Waals surface area contributed by atoms with Crippen LogP contribution in [-0.4, -0.2) is 28.2 Å². The van der Waals surface area contributed by atoms with Crippen molar-refractivity contribution in [2.75, 3.05) is 6.54 Å². The van der Waals surface area contributed by atoms with E-state index in [2.05, 4.69) is 15.3 Å². The lowest BCUT2D eigenvalue weighted by Crippen LogP contribution is -2.33. The van der Waals surface area contributed by atoms with Crippen molar-refractivity contribution >= 4 is 6.09 Å². The fourth-order valence-corrected chi connectivity index (χ4v) is 1.94. The summed E-state index contributed by atoms with van der Waals surface area (Å²) in [5.41, 5.74) is 0.516. The van der Waals surface area contributed by atoms with Gasteiger partial charge in [0.25, 0.3) is 0 Å². The van der Waals surface area contributed by atoms with Gasteiger partial charge in [0, 0.05) is 36.5 Å². The normalized spacial score (nSPS) is 11.3. The number of amides is 1. The molecule has 0 saturated carbocycles. The van der Waals surface area contributed by atoms with E-state index in [1.54, 1.807) is 27.0 Å². The number of hydrogen-bond donors (Lipinski definition) is 2. The van der Waals surface area contributed by atoms with E-state index in [-0.39, 0.29) is 0 Å². The highest BCUT2D eigenvalue weighted by Crippen LogP contribution is 2.18. The molecule has 23 heavy (non-hydrogen) atoms. The van der Waals surface area contributed by atoms with Crippen molar-refractivity contribution < 1.29 is 18.3 Å². The van der Waals surface area contributed by atoms with Gasteiger partial charge in [-0.1, -0.05) is 0 Å². The van der Waals surface area contributed by atoms with E-state index in [4.69, 9.17) is 4.74 Å². The van der Waals surface area contributed by atoms with E-state index in [0.29, 0.717) is 24.4 Å². The standard InChI is InChI=1S/C16H19F2N3O2/c1-16(2,3)23-15(22)19-5-4-13-9-20-14(21-13)10-6-11(17)8-12(18)7-10/h6-9H,4-5H2,1-3H3,(H,19,22)(H,20,21). The highest BCUT2D eigenvalue weighted by atomic mass is 19.1. The fraction of sp³-hybridized carbons (Fsp3) is 0.375. The number of imidazole rings is 1. The van der Waals surface area contributed by atoms with Crippen molar-refractivity contribution in [2.24, 2.45) is 0 Å². The van der Waals surface area contributed by atoms with Gasteiger partial charge in [-0.05, 0) is 32.9 Å². The Labute approximate surface area is 133 Å². The number of ether oxygens (including phenoxy) is 1. The van der Waals surface area contributed by atoms with Crippen LogP contribution in [0.3, 0.4) is 0 Å². The second-order valence-electron chi connectivity index (χ2n) is 6.09. The highest BCUT2D eigenvalue weighted by Gasteiger charge is 2.15. The number of nitrogens with zero attached hydrogens (tertiary/aromatic N) is 1. The van der Waals surface area contributed by atoms with Crippen molar-refractivity contribution in [1.29, 1.82) is 0 Å². The van der Waals surface area contributed by atoms with Crippen LogP contribution in [0.2, 0.25) is 0 Å². The van der Waals surface area contributed by atoms with Gasteiger partial charge < -0.3 is 15.0 Å². The Bertz CT molecular complexity index is 673. The molecular formula is C16H19F2N3O2. The molecule has 2 N–H and O–H groups in total. The van der Waals surface area contributed by atoms with Crippen LogP contribution in [0.4, 0.5) is 13.6 Å². The molecule has 0 atom stereocenters. The zero-order chi connectivity index (χ0) is 17.0. The summed E-state index contributed by atoms with van der Waals surface area (Å²) in [7, 11) is 0. The molecule has 0 fully saturated rings. The third-order valence-corrected chi connectivity index (χ3v) is 2.83. The molecule has 2 aromatic rings. The highest BCUT2D eigenvalue weighted by molar-refractivity contribution is 5.67. The number of aromatic nitrogens is 2. The maximum atomic E-state index is 13.2. The molecule has 0 spiro atoms. The first kappa shape index (κ1) is 16.9. The van der Waals surface area contributed by atoms with E-state index in [0.717, 1.165) is 11.8 Å². The predicted octanol–water partition coefficient (Wildman–Crippen LogP) is 3.42. The third-order valence-electron chi connectivity index (χ3n) is 2.83. The van der Waals surface area contributed by atoms with Crippen LogP contribution in [-0.2, 0) is 11.2 Å². The minimum Gasteiger partial charge on any atom is -0.444 e. The van der Waals surface area contributed by atoms with E-state index in [9.17, 15) is 13.6 Å². The smallest absolute Gasteiger partial charge is 0.407 e.